The lowest BCUT2D eigenvalue weighted by atomic mass is 10.0. The highest BCUT2D eigenvalue weighted by Gasteiger charge is 2.16. The van der Waals surface area contributed by atoms with Crippen LogP contribution in [0.25, 0.3) is 43.6 Å². The second kappa shape index (κ2) is 6.07. The van der Waals surface area contributed by atoms with Gasteiger partial charge < -0.3 is 4.98 Å². The lowest BCUT2D eigenvalue weighted by Crippen LogP contribution is -2.24. The molecule has 3 heterocycles. The Morgan fingerprint density at radius 3 is 2.75 bits per heavy atom. The number of fused-ring (bicyclic) bond motifs is 4. The number of pyridine rings is 3. The summed E-state index contributed by atoms with van der Waals surface area (Å²) in [5.74, 6) is 0. The number of hydrogen-bond donors (Lipinski definition) is 1. The quantitative estimate of drug-likeness (QED) is 0.383. The fourth-order valence-corrected chi connectivity index (χ4v) is 3.65. The summed E-state index contributed by atoms with van der Waals surface area (Å²) in [7, 11) is 4.00. The minimum absolute atomic E-state index is 0.0649. The predicted molar refractivity (Wildman–Crippen MR) is 113 cm³/mol. The number of hydrogen-bond acceptors (Lipinski definition) is 5. The van der Waals surface area contributed by atoms with Crippen LogP contribution in [0, 0.1) is 0 Å². The fourth-order valence-electron chi connectivity index (χ4n) is 3.65. The largest absolute Gasteiger partial charge is 0.359 e. The second-order valence-electron chi connectivity index (χ2n) is 7.26. The number of aromatic amines is 1. The van der Waals surface area contributed by atoms with Crippen LogP contribution < -0.4 is 10.8 Å². The van der Waals surface area contributed by atoms with E-state index in [0.717, 1.165) is 38.1 Å². The third-order valence-corrected chi connectivity index (χ3v) is 5.33. The Balaban J connectivity index is 1.97. The van der Waals surface area contributed by atoms with Crippen LogP contribution in [-0.2, 0) is 0 Å². The van der Waals surface area contributed by atoms with Crippen LogP contribution in [-0.4, -0.2) is 40.1 Å². The van der Waals surface area contributed by atoms with Gasteiger partial charge in [-0.2, -0.15) is 0 Å². The zero-order chi connectivity index (χ0) is 19.4. The molecule has 0 aliphatic carbocycles. The van der Waals surface area contributed by atoms with E-state index in [1.807, 2.05) is 56.7 Å². The van der Waals surface area contributed by atoms with Gasteiger partial charge in [-0.3, -0.25) is 19.7 Å². The van der Waals surface area contributed by atoms with Crippen molar-refractivity contribution < 1.29 is 0 Å². The normalized spacial score (nSPS) is 14.1. The molecule has 0 saturated heterocycles. The molecule has 0 amide bonds. The van der Waals surface area contributed by atoms with Crippen molar-refractivity contribution in [1.29, 1.82) is 0 Å². The molecule has 28 heavy (non-hydrogen) atoms. The van der Waals surface area contributed by atoms with E-state index in [1.165, 1.54) is 0 Å². The second-order valence-corrected chi connectivity index (χ2v) is 7.26. The fraction of sp³-hybridized carbons (Fsp3) is 0.182. The average molecular weight is 369 g/mol. The summed E-state index contributed by atoms with van der Waals surface area (Å²) in [5, 5.41) is 4.23. The molecule has 0 bridgehead atoms. The molecule has 0 radical (unpaired) electrons. The maximum Gasteiger partial charge on any atom is 0.214 e. The first-order chi connectivity index (χ1) is 13.5. The monoisotopic (exact) mass is 369 g/mol. The Morgan fingerprint density at radius 1 is 1.07 bits per heavy atom. The molecule has 2 aromatic carbocycles. The molecule has 1 unspecified atom stereocenters. The Bertz CT molecular complexity index is 1490. The number of aromatic nitrogens is 3. The van der Waals surface area contributed by atoms with Crippen molar-refractivity contribution in [3.8, 4) is 0 Å². The van der Waals surface area contributed by atoms with E-state index in [1.54, 1.807) is 6.20 Å². The van der Waals surface area contributed by atoms with Crippen molar-refractivity contribution >= 4 is 43.6 Å². The maximum atomic E-state index is 13.1. The van der Waals surface area contributed by atoms with Gasteiger partial charge in [0.05, 0.1) is 28.1 Å². The van der Waals surface area contributed by atoms with Gasteiger partial charge >= 0.3 is 0 Å². The Kier molecular flexibility index (Phi) is 3.64. The molecule has 5 aromatic rings. The highest BCUT2D eigenvalue weighted by Crippen LogP contribution is 2.31. The van der Waals surface area contributed by atoms with Crippen LogP contribution >= 0.6 is 0 Å². The van der Waals surface area contributed by atoms with E-state index in [4.69, 9.17) is 9.98 Å². The van der Waals surface area contributed by atoms with E-state index in [9.17, 15) is 4.79 Å². The van der Waals surface area contributed by atoms with Crippen LogP contribution in [0.5, 0.6) is 0 Å². The standard InChI is InChI=1S/C22H19N5O/c1-12(27(2)3)25-13-6-7-17-16(11-13)14-8-10-24-20-18(14)21(26-17)22(28)15-5-4-9-23-19(15)20/h4-12,23H,1-3H3. The number of nitrogens with zero attached hydrogens (tertiary/aromatic N) is 4. The minimum Gasteiger partial charge on any atom is -0.359 e. The van der Waals surface area contributed by atoms with Gasteiger partial charge in [0, 0.05) is 28.6 Å². The molecule has 0 fully saturated rings. The highest BCUT2D eigenvalue weighted by atomic mass is 16.1. The molecule has 0 aliphatic heterocycles. The Labute approximate surface area is 160 Å². The van der Waals surface area contributed by atoms with Gasteiger partial charge in [0.25, 0.3) is 0 Å². The zero-order valence-electron chi connectivity index (χ0n) is 15.9. The molecule has 6 heteroatoms. The molecule has 5 rings (SSSR count). The summed E-state index contributed by atoms with van der Waals surface area (Å²) in [5.41, 5.74) is 2.68. The Morgan fingerprint density at radius 2 is 1.93 bits per heavy atom. The first kappa shape index (κ1) is 16.8. The van der Waals surface area contributed by atoms with E-state index in [0.29, 0.717) is 10.9 Å². The third-order valence-electron chi connectivity index (χ3n) is 5.33. The maximum absolute atomic E-state index is 13.1. The molecule has 1 N–H and O–H groups in total. The van der Waals surface area contributed by atoms with Gasteiger partial charge in [0.15, 0.2) is 0 Å². The summed E-state index contributed by atoms with van der Waals surface area (Å²) < 4.78 is 0. The minimum atomic E-state index is -0.0748. The van der Waals surface area contributed by atoms with Gasteiger partial charge in [-0.15, -0.1) is 0 Å². The van der Waals surface area contributed by atoms with Gasteiger partial charge in [0.1, 0.15) is 5.52 Å². The average Bonchev–Trinajstić information content (AvgIpc) is 2.71. The Hall–Kier alpha value is -3.38. The van der Waals surface area contributed by atoms with Crippen LogP contribution in [0.2, 0.25) is 0 Å². The van der Waals surface area contributed by atoms with Gasteiger partial charge in [-0.25, -0.2) is 4.98 Å². The van der Waals surface area contributed by atoms with Crippen molar-refractivity contribution in [3.05, 3.63) is 64.4 Å². The molecule has 0 saturated carbocycles. The number of benzene rings is 2. The molecule has 138 valence electrons. The first-order valence-electron chi connectivity index (χ1n) is 9.20. The number of H-pyrrole nitrogens is 1. The SMILES string of the molecule is CC(N=c1ccc2nc3c(=O)c4ccc[nH]c4c4nccc(c2c1)c34)N(C)C. The summed E-state index contributed by atoms with van der Waals surface area (Å²) in [6.45, 7) is 2.05. The van der Waals surface area contributed by atoms with Crippen LogP contribution in [0.1, 0.15) is 6.92 Å². The van der Waals surface area contributed by atoms with Gasteiger partial charge in [-0.05, 0) is 62.8 Å². The zero-order valence-corrected chi connectivity index (χ0v) is 15.9. The smallest absolute Gasteiger partial charge is 0.214 e. The lowest BCUT2D eigenvalue weighted by molar-refractivity contribution is 0.319. The predicted octanol–water partition coefficient (Wildman–Crippen LogP) is 3.02. The summed E-state index contributed by atoms with van der Waals surface area (Å²) in [6.07, 6.45) is 3.66. The van der Waals surface area contributed by atoms with Crippen molar-refractivity contribution in [1.82, 2.24) is 19.9 Å². The van der Waals surface area contributed by atoms with E-state index in [-0.39, 0.29) is 11.6 Å². The van der Waals surface area contributed by atoms with E-state index < -0.39 is 0 Å². The molecule has 6 nitrogen and oxygen atoms in total. The molecule has 3 aromatic heterocycles. The van der Waals surface area contributed by atoms with E-state index in [2.05, 4.69) is 21.8 Å². The topological polar surface area (TPSA) is 74.2 Å². The van der Waals surface area contributed by atoms with E-state index >= 15 is 0 Å². The summed E-state index contributed by atoms with van der Waals surface area (Å²) in [6, 6.07) is 11.5. The lowest BCUT2D eigenvalue weighted by Gasteiger charge is -2.14. The van der Waals surface area contributed by atoms with Crippen molar-refractivity contribution in [2.75, 3.05) is 14.1 Å². The van der Waals surface area contributed by atoms with Gasteiger partial charge in [-0.1, -0.05) is 0 Å². The summed E-state index contributed by atoms with van der Waals surface area (Å²) >= 11 is 0. The first-order valence-corrected chi connectivity index (χ1v) is 9.20. The number of rotatable bonds is 2. The molecule has 1 atom stereocenters. The van der Waals surface area contributed by atoms with Crippen LogP contribution in [0.4, 0.5) is 0 Å². The third kappa shape index (κ3) is 2.38. The summed E-state index contributed by atoms with van der Waals surface area (Å²) in [4.78, 5) is 32.4. The molecule has 0 aliphatic rings. The van der Waals surface area contributed by atoms with Gasteiger partial charge in [0.2, 0.25) is 5.43 Å². The molecule has 0 spiro atoms. The highest BCUT2D eigenvalue weighted by molar-refractivity contribution is 6.23. The number of nitrogens with one attached hydrogen (secondary N) is 1. The van der Waals surface area contributed by atoms with Crippen molar-refractivity contribution in [2.24, 2.45) is 4.99 Å². The molecular formula is C22H19N5O. The van der Waals surface area contributed by atoms with Crippen LogP contribution in [0.15, 0.2) is 58.6 Å². The van der Waals surface area contributed by atoms with Crippen LogP contribution in [0.3, 0.4) is 0 Å². The molecular weight excluding hydrogens is 350 g/mol. The van der Waals surface area contributed by atoms with Crippen molar-refractivity contribution in [3.63, 3.8) is 0 Å². The van der Waals surface area contributed by atoms with Crippen molar-refractivity contribution in [2.45, 2.75) is 13.1 Å².